The van der Waals surface area contributed by atoms with Crippen LogP contribution in [0.4, 0.5) is 5.88 Å². The lowest BCUT2D eigenvalue weighted by atomic mass is 10.0. The van der Waals surface area contributed by atoms with Gasteiger partial charge in [0.05, 0.1) is 11.5 Å². The Bertz CT molecular complexity index is 407. The first-order chi connectivity index (χ1) is 6.57. The quantitative estimate of drug-likeness (QED) is 0.762. The van der Waals surface area contributed by atoms with Crippen molar-refractivity contribution in [3.63, 3.8) is 0 Å². The Morgan fingerprint density at radius 2 is 1.93 bits per heavy atom. The largest absolute Gasteiger partial charge is 0.446 e. The molecule has 2 N–H and O–H groups in total. The summed E-state index contributed by atoms with van der Waals surface area (Å²) in [6, 6.07) is 3.54. The van der Waals surface area contributed by atoms with Gasteiger partial charge in [-0.3, -0.25) is 0 Å². The average Bonchev–Trinajstić information content (AvgIpc) is 2.52. The van der Waals surface area contributed by atoms with Crippen molar-refractivity contribution in [2.24, 2.45) is 0 Å². The summed E-state index contributed by atoms with van der Waals surface area (Å²) in [6.45, 7) is 0. The lowest BCUT2D eigenvalue weighted by Crippen LogP contribution is -2.21. The molecule has 1 aliphatic heterocycles. The van der Waals surface area contributed by atoms with Gasteiger partial charge in [-0.1, -0.05) is 0 Å². The van der Waals surface area contributed by atoms with Gasteiger partial charge in [0.1, 0.15) is 15.6 Å². The molecule has 5 heteroatoms. The minimum Gasteiger partial charge on any atom is -0.446 e. The smallest absolute Gasteiger partial charge is 0.190 e. The summed E-state index contributed by atoms with van der Waals surface area (Å²) >= 11 is 0. The first-order valence-electron chi connectivity index (χ1n) is 4.62. The lowest BCUT2D eigenvalue weighted by molar-refractivity contribution is 0.448. The van der Waals surface area contributed by atoms with E-state index in [-0.39, 0.29) is 17.4 Å². The van der Waals surface area contributed by atoms with Gasteiger partial charge in [-0.05, 0) is 18.9 Å². The summed E-state index contributed by atoms with van der Waals surface area (Å²) < 4.78 is 27.6. The minimum atomic E-state index is -2.79. The number of sulfone groups is 1. The molecule has 78 valence electrons. The third kappa shape index (κ3) is 1.92. The third-order valence-corrected chi connectivity index (χ3v) is 4.32. The van der Waals surface area contributed by atoms with Crippen molar-refractivity contribution in [3.05, 3.63) is 17.9 Å². The van der Waals surface area contributed by atoms with Crippen LogP contribution in [0.25, 0.3) is 0 Å². The number of hydrogen-bond acceptors (Lipinski definition) is 4. The Kier molecular flexibility index (Phi) is 2.26. The highest BCUT2D eigenvalue weighted by molar-refractivity contribution is 7.91. The molecule has 1 aromatic rings. The molecular weight excluding hydrogens is 202 g/mol. The highest BCUT2D eigenvalue weighted by Gasteiger charge is 2.26. The van der Waals surface area contributed by atoms with Crippen molar-refractivity contribution < 1.29 is 12.8 Å². The van der Waals surface area contributed by atoms with Crippen LogP contribution in [-0.4, -0.2) is 19.9 Å². The second-order valence-corrected chi connectivity index (χ2v) is 5.97. The second kappa shape index (κ2) is 3.31. The van der Waals surface area contributed by atoms with Gasteiger partial charge < -0.3 is 10.2 Å². The van der Waals surface area contributed by atoms with E-state index in [1.54, 1.807) is 6.07 Å². The predicted molar refractivity (Wildman–Crippen MR) is 53.7 cm³/mol. The molecule has 0 atom stereocenters. The number of anilines is 1. The molecule has 0 saturated carbocycles. The van der Waals surface area contributed by atoms with Crippen LogP contribution in [0.1, 0.15) is 24.5 Å². The topological polar surface area (TPSA) is 73.3 Å². The van der Waals surface area contributed by atoms with Crippen molar-refractivity contribution in [2.75, 3.05) is 17.2 Å². The number of nitrogen functional groups attached to an aromatic ring is 1. The fourth-order valence-electron chi connectivity index (χ4n) is 1.76. The van der Waals surface area contributed by atoms with Gasteiger partial charge in [-0.2, -0.15) is 0 Å². The summed E-state index contributed by atoms with van der Waals surface area (Å²) in [4.78, 5) is 0. The standard InChI is InChI=1S/C9H13NO3S/c10-9-2-1-8(13-9)7-3-5-14(11,12)6-4-7/h1-2,7H,3-6,10H2. The van der Waals surface area contributed by atoms with E-state index in [4.69, 9.17) is 10.2 Å². The van der Waals surface area contributed by atoms with Crippen LogP contribution in [-0.2, 0) is 9.84 Å². The molecule has 1 fully saturated rings. The monoisotopic (exact) mass is 215 g/mol. The van der Waals surface area contributed by atoms with Crippen molar-refractivity contribution in [3.8, 4) is 0 Å². The van der Waals surface area contributed by atoms with Crippen molar-refractivity contribution in [1.29, 1.82) is 0 Å². The second-order valence-electron chi connectivity index (χ2n) is 3.67. The number of furan rings is 1. The zero-order chi connectivity index (χ0) is 10.2. The van der Waals surface area contributed by atoms with E-state index in [9.17, 15) is 8.42 Å². The molecule has 0 radical (unpaired) electrons. The Morgan fingerprint density at radius 3 is 2.43 bits per heavy atom. The summed E-state index contributed by atoms with van der Waals surface area (Å²) in [5.74, 6) is 1.96. The van der Waals surface area contributed by atoms with Crippen LogP contribution in [0.15, 0.2) is 16.5 Å². The molecule has 0 spiro atoms. The van der Waals surface area contributed by atoms with E-state index >= 15 is 0 Å². The Morgan fingerprint density at radius 1 is 1.29 bits per heavy atom. The molecule has 0 aromatic carbocycles. The van der Waals surface area contributed by atoms with Crippen LogP contribution < -0.4 is 5.73 Å². The summed E-state index contributed by atoms with van der Waals surface area (Å²) in [5.41, 5.74) is 5.45. The highest BCUT2D eigenvalue weighted by Crippen LogP contribution is 2.30. The van der Waals surface area contributed by atoms with Gasteiger partial charge in [0.25, 0.3) is 0 Å². The zero-order valence-corrected chi connectivity index (χ0v) is 8.59. The molecule has 1 aliphatic rings. The van der Waals surface area contributed by atoms with E-state index in [1.807, 2.05) is 6.07 Å². The summed E-state index contributed by atoms with van der Waals surface area (Å²) in [5, 5.41) is 0. The van der Waals surface area contributed by atoms with Crippen LogP contribution in [0.3, 0.4) is 0 Å². The van der Waals surface area contributed by atoms with Crippen LogP contribution >= 0.6 is 0 Å². The first kappa shape index (κ1) is 9.58. The maximum Gasteiger partial charge on any atom is 0.190 e. The fourth-order valence-corrected chi connectivity index (χ4v) is 3.25. The van der Waals surface area contributed by atoms with Gasteiger partial charge in [-0.25, -0.2) is 8.42 Å². The molecule has 0 aliphatic carbocycles. The van der Waals surface area contributed by atoms with Gasteiger partial charge >= 0.3 is 0 Å². The molecular formula is C9H13NO3S. The fraction of sp³-hybridized carbons (Fsp3) is 0.556. The van der Waals surface area contributed by atoms with E-state index in [0.29, 0.717) is 18.7 Å². The zero-order valence-electron chi connectivity index (χ0n) is 7.77. The predicted octanol–water partition coefficient (Wildman–Crippen LogP) is 1.15. The number of rotatable bonds is 1. The van der Waals surface area contributed by atoms with Gasteiger partial charge in [0, 0.05) is 12.0 Å². The Balaban J connectivity index is 2.09. The van der Waals surface area contributed by atoms with E-state index < -0.39 is 9.84 Å². The molecule has 14 heavy (non-hydrogen) atoms. The maximum atomic E-state index is 11.2. The summed E-state index contributed by atoms with van der Waals surface area (Å²) in [6.07, 6.45) is 1.30. The summed E-state index contributed by atoms with van der Waals surface area (Å²) in [7, 11) is -2.79. The third-order valence-electron chi connectivity index (χ3n) is 2.60. The molecule has 1 aromatic heterocycles. The van der Waals surface area contributed by atoms with Crippen molar-refractivity contribution >= 4 is 15.7 Å². The van der Waals surface area contributed by atoms with Crippen LogP contribution in [0.5, 0.6) is 0 Å². The normalized spacial score (nSPS) is 22.3. The highest BCUT2D eigenvalue weighted by atomic mass is 32.2. The minimum absolute atomic E-state index is 0.218. The van der Waals surface area contributed by atoms with Crippen molar-refractivity contribution in [2.45, 2.75) is 18.8 Å². The SMILES string of the molecule is Nc1ccc(C2CCS(=O)(=O)CC2)o1. The van der Waals surface area contributed by atoms with Gasteiger partial charge in [0.2, 0.25) is 0 Å². The van der Waals surface area contributed by atoms with E-state index in [1.165, 1.54) is 0 Å². The Labute approximate surface area is 83.0 Å². The number of hydrogen-bond donors (Lipinski definition) is 1. The number of nitrogens with two attached hydrogens (primary N) is 1. The average molecular weight is 215 g/mol. The molecule has 0 bridgehead atoms. The van der Waals surface area contributed by atoms with E-state index in [2.05, 4.69) is 0 Å². The molecule has 0 amide bonds. The van der Waals surface area contributed by atoms with Crippen LogP contribution in [0.2, 0.25) is 0 Å². The lowest BCUT2D eigenvalue weighted by Gasteiger charge is -2.19. The molecule has 4 nitrogen and oxygen atoms in total. The molecule has 0 unspecified atom stereocenters. The van der Waals surface area contributed by atoms with E-state index in [0.717, 1.165) is 5.76 Å². The molecule has 1 saturated heterocycles. The first-order valence-corrected chi connectivity index (χ1v) is 6.44. The van der Waals surface area contributed by atoms with Gasteiger partial charge in [-0.15, -0.1) is 0 Å². The molecule has 2 rings (SSSR count). The van der Waals surface area contributed by atoms with Crippen molar-refractivity contribution in [1.82, 2.24) is 0 Å². The van der Waals surface area contributed by atoms with Gasteiger partial charge in [0.15, 0.2) is 5.88 Å². The maximum absolute atomic E-state index is 11.2. The molecule has 2 heterocycles. The Hall–Kier alpha value is -0.970. The van der Waals surface area contributed by atoms with Crippen LogP contribution in [0, 0.1) is 0 Å².